The molecule has 0 amide bonds. The second-order valence-corrected chi connectivity index (χ2v) is 6.23. The molecule has 15 heavy (non-hydrogen) atoms. The monoisotopic (exact) mass is 292 g/mol. The van der Waals surface area contributed by atoms with Crippen LogP contribution < -0.4 is 4.72 Å². The van der Waals surface area contributed by atoms with Gasteiger partial charge in [0.2, 0.25) is 10.0 Å². The summed E-state index contributed by atoms with van der Waals surface area (Å²) in [6.45, 7) is 3.71. The smallest absolute Gasteiger partial charge is 0.234 e. The molecule has 0 aliphatic rings. The number of nitrogens with zero attached hydrogens (tertiary/aromatic N) is 1. The minimum atomic E-state index is -3.30. The van der Waals surface area contributed by atoms with Crippen molar-refractivity contribution in [2.24, 2.45) is 5.92 Å². The van der Waals surface area contributed by atoms with Gasteiger partial charge in [-0.05, 0) is 34.0 Å². The van der Waals surface area contributed by atoms with Crippen LogP contribution in [-0.2, 0) is 10.0 Å². The lowest BCUT2D eigenvalue weighted by Gasteiger charge is -2.09. The van der Waals surface area contributed by atoms with Gasteiger partial charge < -0.3 is 0 Å². The summed E-state index contributed by atoms with van der Waals surface area (Å²) in [5.74, 6) is 0.513. The second-order valence-electron chi connectivity index (χ2n) is 3.61. The Labute approximate surface area is 98.3 Å². The van der Waals surface area contributed by atoms with Crippen LogP contribution in [0.5, 0.6) is 0 Å². The molecule has 0 saturated heterocycles. The molecule has 0 aliphatic heterocycles. The lowest BCUT2D eigenvalue weighted by atomic mass is 10.3. The van der Waals surface area contributed by atoms with Gasteiger partial charge in [-0.25, -0.2) is 13.4 Å². The van der Waals surface area contributed by atoms with Gasteiger partial charge in [-0.1, -0.05) is 13.8 Å². The minimum absolute atomic E-state index is 0.0880. The number of pyridine rings is 1. The highest BCUT2D eigenvalue weighted by atomic mass is 79.9. The second kappa shape index (κ2) is 4.94. The van der Waals surface area contributed by atoms with Crippen LogP contribution >= 0.6 is 15.9 Å². The van der Waals surface area contributed by atoms with Crippen LogP contribution in [-0.4, -0.2) is 19.2 Å². The highest BCUT2D eigenvalue weighted by Crippen LogP contribution is 2.19. The summed E-state index contributed by atoms with van der Waals surface area (Å²) < 4.78 is 26.2. The summed E-state index contributed by atoms with van der Waals surface area (Å²) in [5.41, 5.74) is 0. The summed E-state index contributed by atoms with van der Waals surface area (Å²) >= 11 is 3.23. The average Bonchev–Trinajstić information content (AvgIpc) is 2.06. The molecule has 0 aliphatic carbocycles. The predicted molar refractivity (Wildman–Crippen MR) is 64.2 cm³/mol. The van der Waals surface area contributed by atoms with Crippen molar-refractivity contribution in [3.05, 3.63) is 22.8 Å². The molecule has 1 N–H and O–H groups in total. The lowest BCUT2D eigenvalue weighted by molar-refractivity contribution is 0.587. The van der Waals surface area contributed by atoms with Crippen LogP contribution in [0, 0.1) is 5.92 Å². The number of halogens is 1. The van der Waals surface area contributed by atoms with Gasteiger partial charge in [-0.3, -0.25) is 4.72 Å². The summed E-state index contributed by atoms with van der Waals surface area (Å²) in [6.07, 6.45) is 1.54. The van der Waals surface area contributed by atoms with Crippen LogP contribution in [0.1, 0.15) is 13.8 Å². The normalized spacial score (nSPS) is 11.7. The van der Waals surface area contributed by atoms with Gasteiger partial charge in [0.05, 0.1) is 10.2 Å². The Morgan fingerprint density at radius 3 is 2.73 bits per heavy atom. The van der Waals surface area contributed by atoms with Crippen molar-refractivity contribution < 1.29 is 8.42 Å². The van der Waals surface area contributed by atoms with Crippen molar-refractivity contribution in [2.45, 2.75) is 13.8 Å². The first-order valence-corrected chi connectivity index (χ1v) is 6.96. The fourth-order valence-electron chi connectivity index (χ4n) is 1.09. The quantitative estimate of drug-likeness (QED) is 0.926. The van der Waals surface area contributed by atoms with E-state index in [9.17, 15) is 8.42 Å². The first-order valence-electron chi connectivity index (χ1n) is 4.52. The molecule has 0 radical (unpaired) electrons. The zero-order chi connectivity index (χ0) is 11.5. The van der Waals surface area contributed by atoms with Crippen LogP contribution in [0.15, 0.2) is 22.8 Å². The fourth-order valence-corrected chi connectivity index (χ4v) is 2.99. The van der Waals surface area contributed by atoms with Crippen molar-refractivity contribution in [3.63, 3.8) is 0 Å². The number of hydrogen-bond acceptors (Lipinski definition) is 3. The molecule has 1 heterocycles. The third-order valence-electron chi connectivity index (χ3n) is 1.56. The standard InChI is InChI=1S/C9H13BrN2O2S/c1-7(2)6-15(13,14)12-9-8(10)4-3-5-11-9/h3-5,7H,6H2,1-2H3,(H,11,12). The molecule has 0 bridgehead atoms. The Morgan fingerprint density at radius 2 is 2.20 bits per heavy atom. The average molecular weight is 293 g/mol. The van der Waals surface area contributed by atoms with Gasteiger partial charge in [-0.15, -0.1) is 0 Å². The summed E-state index contributed by atoms with van der Waals surface area (Å²) in [7, 11) is -3.30. The first-order chi connectivity index (χ1) is 6.91. The number of anilines is 1. The highest BCUT2D eigenvalue weighted by Gasteiger charge is 2.14. The Bertz CT molecular complexity index is 431. The van der Waals surface area contributed by atoms with Crippen molar-refractivity contribution in [1.82, 2.24) is 4.98 Å². The molecular weight excluding hydrogens is 280 g/mol. The zero-order valence-electron chi connectivity index (χ0n) is 8.57. The van der Waals surface area contributed by atoms with Crippen molar-refractivity contribution in [2.75, 3.05) is 10.5 Å². The van der Waals surface area contributed by atoms with Gasteiger partial charge in [0.1, 0.15) is 0 Å². The molecule has 0 fully saturated rings. The Hall–Kier alpha value is -0.620. The molecule has 0 atom stereocenters. The molecule has 0 unspecified atom stereocenters. The van der Waals surface area contributed by atoms with E-state index in [4.69, 9.17) is 0 Å². The number of aromatic nitrogens is 1. The van der Waals surface area contributed by atoms with E-state index >= 15 is 0 Å². The van der Waals surface area contributed by atoms with Crippen molar-refractivity contribution in [1.29, 1.82) is 0 Å². The molecule has 0 spiro atoms. The molecule has 0 saturated carbocycles. The maximum atomic E-state index is 11.6. The maximum Gasteiger partial charge on any atom is 0.234 e. The molecule has 1 aromatic rings. The largest absolute Gasteiger partial charge is 0.266 e. The van der Waals surface area contributed by atoms with E-state index in [1.807, 2.05) is 13.8 Å². The van der Waals surface area contributed by atoms with E-state index in [2.05, 4.69) is 25.6 Å². The number of sulfonamides is 1. The molecule has 1 rings (SSSR count). The Morgan fingerprint density at radius 1 is 1.53 bits per heavy atom. The number of nitrogens with one attached hydrogen (secondary N) is 1. The van der Waals surface area contributed by atoms with E-state index in [1.165, 1.54) is 6.20 Å². The van der Waals surface area contributed by atoms with Gasteiger partial charge in [0.15, 0.2) is 5.82 Å². The van der Waals surface area contributed by atoms with Crippen LogP contribution in [0.2, 0.25) is 0 Å². The van der Waals surface area contributed by atoms with Crippen molar-refractivity contribution in [3.8, 4) is 0 Å². The maximum absolute atomic E-state index is 11.6. The molecule has 4 nitrogen and oxygen atoms in total. The molecule has 1 aromatic heterocycles. The number of hydrogen-bond donors (Lipinski definition) is 1. The third-order valence-corrected chi connectivity index (χ3v) is 3.81. The number of rotatable bonds is 4. The van der Waals surface area contributed by atoms with Crippen LogP contribution in [0.4, 0.5) is 5.82 Å². The van der Waals surface area contributed by atoms with E-state index in [1.54, 1.807) is 12.1 Å². The predicted octanol–water partition coefficient (Wildman–Crippen LogP) is 2.24. The van der Waals surface area contributed by atoms with E-state index in [0.717, 1.165) is 0 Å². The summed E-state index contributed by atoms with van der Waals surface area (Å²) in [4.78, 5) is 3.93. The van der Waals surface area contributed by atoms with Gasteiger partial charge in [-0.2, -0.15) is 0 Å². The lowest BCUT2D eigenvalue weighted by Crippen LogP contribution is -2.20. The topological polar surface area (TPSA) is 59.1 Å². The summed E-state index contributed by atoms with van der Waals surface area (Å²) in [5, 5.41) is 0. The summed E-state index contributed by atoms with van der Waals surface area (Å²) in [6, 6.07) is 3.46. The van der Waals surface area contributed by atoms with E-state index < -0.39 is 10.0 Å². The Balaban J connectivity index is 2.83. The SMILES string of the molecule is CC(C)CS(=O)(=O)Nc1ncccc1Br. The third kappa shape index (κ3) is 4.17. The zero-order valence-corrected chi connectivity index (χ0v) is 11.0. The molecular formula is C9H13BrN2O2S. The van der Waals surface area contributed by atoms with Gasteiger partial charge in [0, 0.05) is 6.20 Å². The van der Waals surface area contributed by atoms with E-state index in [0.29, 0.717) is 10.3 Å². The molecule has 84 valence electrons. The van der Waals surface area contributed by atoms with Gasteiger partial charge >= 0.3 is 0 Å². The minimum Gasteiger partial charge on any atom is -0.266 e. The van der Waals surface area contributed by atoms with Crippen molar-refractivity contribution >= 4 is 31.8 Å². The Kier molecular flexibility index (Phi) is 4.10. The van der Waals surface area contributed by atoms with Crippen LogP contribution in [0.25, 0.3) is 0 Å². The van der Waals surface area contributed by atoms with Crippen LogP contribution in [0.3, 0.4) is 0 Å². The molecule has 0 aromatic carbocycles. The van der Waals surface area contributed by atoms with E-state index in [-0.39, 0.29) is 11.7 Å². The van der Waals surface area contributed by atoms with Gasteiger partial charge in [0.25, 0.3) is 0 Å². The molecule has 6 heteroatoms. The highest BCUT2D eigenvalue weighted by molar-refractivity contribution is 9.10. The first kappa shape index (κ1) is 12.4. The fraction of sp³-hybridized carbons (Fsp3) is 0.444.